The van der Waals surface area contributed by atoms with Crippen LogP contribution in [0, 0.1) is 0 Å². The second kappa shape index (κ2) is 4.18. The van der Waals surface area contributed by atoms with Crippen molar-refractivity contribution >= 4 is 9.84 Å². The van der Waals surface area contributed by atoms with Gasteiger partial charge in [-0.1, -0.05) is 6.07 Å². The molecule has 0 amide bonds. The van der Waals surface area contributed by atoms with E-state index in [9.17, 15) is 8.42 Å². The molecule has 0 heterocycles. The summed E-state index contributed by atoms with van der Waals surface area (Å²) in [4.78, 5) is 0.342. The zero-order valence-corrected chi connectivity index (χ0v) is 10.1. The average molecular weight is 240 g/mol. The van der Waals surface area contributed by atoms with Gasteiger partial charge >= 0.3 is 0 Å². The van der Waals surface area contributed by atoms with Crippen LogP contribution in [-0.4, -0.2) is 25.4 Å². The third-order valence-electron chi connectivity index (χ3n) is 2.89. The van der Waals surface area contributed by atoms with Gasteiger partial charge in [0.15, 0.2) is 9.84 Å². The molecule has 1 aromatic carbocycles. The molecule has 0 aromatic heterocycles. The van der Waals surface area contributed by atoms with E-state index in [1.54, 1.807) is 12.1 Å². The number of sulfone groups is 1. The summed E-state index contributed by atoms with van der Waals surface area (Å²) in [5, 5.41) is 9.16. The summed E-state index contributed by atoms with van der Waals surface area (Å²) in [7, 11) is -3.33. The van der Waals surface area contributed by atoms with Crippen LogP contribution >= 0.6 is 0 Å². The fraction of sp³-hybridized carbons (Fsp3) is 0.500. The largest absolute Gasteiger partial charge is 0.392 e. The van der Waals surface area contributed by atoms with Gasteiger partial charge in [0.2, 0.25) is 0 Å². The fourth-order valence-corrected chi connectivity index (χ4v) is 3.58. The summed E-state index contributed by atoms with van der Waals surface area (Å²) < 4.78 is 23.8. The summed E-state index contributed by atoms with van der Waals surface area (Å²) in [6.45, 7) is 1.49. The maximum atomic E-state index is 11.9. The van der Waals surface area contributed by atoms with Crippen molar-refractivity contribution < 1.29 is 13.5 Å². The summed E-state index contributed by atoms with van der Waals surface area (Å²) in [5.74, 6) is -0.203. The van der Waals surface area contributed by atoms with Gasteiger partial charge < -0.3 is 5.11 Å². The van der Waals surface area contributed by atoms with Crippen molar-refractivity contribution in [1.82, 2.24) is 0 Å². The van der Waals surface area contributed by atoms with E-state index in [1.165, 1.54) is 12.5 Å². The Morgan fingerprint density at radius 3 is 2.69 bits per heavy atom. The molecule has 1 atom stereocenters. The van der Waals surface area contributed by atoms with Crippen molar-refractivity contribution in [2.75, 3.05) is 5.75 Å². The van der Waals surface area contributed by atoms with Crippen LogP contribution in [0.1, 0.15) is 24.5 Å². The molecule has 0 bridgehead atoms. The van der Waals surface area contributed by atoms with E-state index in [1.807, 2.05) is 6.07 Å². The van der Waals surface area contributed by atoms with E-state index in [0.29, 0.717) is 4.90 Å². The van der Waals surface area contributed by atoms with Crippen LogP contribution in [0.2, 0.25) is 0 Å². The van der Waals surface area contributed by atoms with Crippen molar-refractivity contribution in [2.45, 2.75) is 37.2 Å². The van der Waals surface area contributed by atoms with Gasteiger partial charge in [-0.25, -0.2) is 8.42 Å². The first kappa shape index (κ1) is 11.6. The monoisotopic (exact) mass is 240 g/mol. The second-order valence-electron chi connectivity index (χ2n) is 4.41. The summed E-state index contributed by atoms with van der Waals surface area (Å²) in [5.41, 5.74) is 2.41. The van der Waals surface area contributed by atoms with Crippen LogP contribution in [0.5, 0.6) is 0 Å². The Bertz CT molecular complexity index is 489. The number of rotatable bonds is 3. The quantitative estimate of drug-likeness (QED) is 0.867. The van der Waals surface area contributed by atoms with Crippen LogP contribution in [0.25, 0.3) is 0 Å². The minimum Gasteiger partial charge on any atom is -0.392 e. The normalized spacial score (nSPS) is 17.1. The molecule has 1 N–H and O–H groups in total. The Balaban J connectivity index is 2.34. The summed E-state index contributed by atoms with van der Waals surface area (Å²) >= 11 is 0. The fourth-order valence-electron chi connectivity index (χ4n) is 2.16. The highest BCUT2D eigenvalue weighted by molar-refractivity contribution is 7.91. The predicted molar refractivity (Wildman–Crippen MR) is 62.2 cm³/mol. The van der Waals surface area contributed by atoms with Gasteiger partial charge in [0.05, 0.1) is 16.8 Å². The molecule has 4 heteroatoms. The van der Waals surface area contributed by atoms with E-state index in [2.05, 4.69) is 0 Å². The molecule has 0 saturated heterocycles. The highest BCUT2D eigenvalue weighted by atomic mass is 32.2. The lowest BCUT2D eigenvalue weighted by atomic mass is 10.1. The lowest BCUT2D eigenvalue weighted by Crippen LogP contribution is -2.17. The van der Waals surface area contributed by atoms with Crippen molar-refractivity contribution in [3.05, 3.63) is 29.3 Å². The number of hydrogen-bond acceptors (Lipinski definition) is 3. The van der Waals surface area contributed by atoms with Gasteiger partial charge in [-0.3, -0.25) is 0 Å². The summed E-state index contributed by atoms with van der Waals surface area (Å²) in [6, 6.07) is 5.32. The standard InChI is InChI=1S/C12H16O3S/c1-9(13)8-16(14,15)12-6-5-10-3-2-4-11(10)7-12/h5-7,9,13H,2-4,8H2,1H3/t9-/m1/s1. The molecule has 0 fully saturated rings. The number of aliphatic hydroxyl groups excluding tert-OH is 1. The van der Waals surface area contributed by atoms with Gasteiger partial charge in [-0.2, -0.15) is 0 Å². The molecule has 3 nitrogen and oxygen atoms in total. The smallest absolute Gasteiger partial charge is 0.180 e. The molecule has 16 heavy (non-hydrogen) atoms. The van der Waals surface area contributed by atoms with Crippen LogP contribution < -0.4 is 0 Å². The van der Waals surface area contributed by atoms with E-state index >= 15 is 0 Å². The zero-order valence-electron chi connectivity index (χ0n) is 9.31. The predicted octanol–water partition coefficient (Wildman–Crippen LogP) is 1.33. The van der Waals surface area contributed by atoms with Crippen molar-refractivity contribution in [3.8, 4) is 0 Å². The van der Waals surface area contributed by atoms with Crippen molar-refractivity contribution in [2.24, 2.45) is 0 Å². The van der Waals surface area contributed by atoms with Gasteiger partial charge in [0.1, 0.15) is 0 Å². The molecule has 0 saturated carbocycles. The Morgan fingerprint density at radius 1 is 1.31 bits per heavy atom. The lowest BCUT2D eigenvalue weighted by molar-refractivity contribution is 0.218. The Hall–Kier alpha value is -0.870. The topological polar surface area (TPSA) is 54.4 Å². The first-order valence-corrected chi connectivity index (χ1v) is 7.17. The molecule has 1 aromatic rings. The lowest BCUT2D eigenvalue weighted by Gasteiger charge is -2.08. The molecule has 1 aliphatic carbocycles. The second-order valence-corrected chi connectivity index (χ2v) is 6.45. The third kappa shape index (κ3) is 2.28. The SMILES string of the molecule is C[C@@H](O)CS(=O)(=O)c1ccc2c(c1)CCC2. The van der Waals surface area contributed by atoms with E-state index in [-0.39, 0.29) is 5.75 Å². The zero-order chi connectivity index (χ0) is 11.8. The number of fused-ring (bicyclic) bond motifs is 1. The van der Waals surface area contributed by atoms with Crippen molar-refractivity contribution in [1.29, 1.82) is 0 Å². The summed E-state index contributed by atoms with van der Waals surface area (Å²) in [6.07, 6.45) is 2.30. The Labute approximate surface area is 96.0 Å². The molecule has 2 rings (SSSR count). The minimum atomic E-state index is -3.33. The van der Waals surface area contributed by atoms with Crippen LogP contribution in [0.3, 0.4) is 0 Å². The van der Waals surface area contributed by atoms with E-state index in [4.69, 9.17) is 5.11 Å². The highest BCUT2D eigenvalue weighted by Gasteiger charge is 2.20. The Morgan fingerprint density at radius 2 is 2.00 bits per heavy atom. The molecule has 0 radical (unpaired) electrons. The van der Waals surface area contributed by atoms with Gasteiger partial charge in [-0.15, -0.1) is 0 Å². The van der Waals surface area contributed by atoms with Crippen LogP contribution in [-0.2, 0) is 22.7 Å². The van der Waals surface area contributed by atoms with Crippen molar-refractivity contribution in [3.63, 3.8) is 0 Å². The number of hydrogen-bond donors (Lipinski definition) is 1. The average Bonchev–Trinajstić information content (AvgIpc) is 2.61. The first-order valence-electron chi connectivity index (χ1n) is 5.52. The minimum absolute atomic E-state index is 0.203. The van der Waals surface area contributed by atoms with Gasteiger partial charge in [0.25, 0.3) is 0 Å². The maximum Gasteiger partial charge on any atom is 0.180 e. The maximum absolute atomic E-state index is 11.9. The van der Waals surface area contributed by atoms with Crippen LogP contribution in [0.15, 0.2) is 23.1 Å². The molecular formula is C12H16O3S. The first-order chi connectivity index (χ1) is 7.49. The molecule has 0 aliphatic heterocycles. The third-order valence-corrected chi connectivity index (χ3v) is 4.78. The number of benzene rings is 1. The molecule has 88 valence electrons. The van der Waals surface area contributed by atoms with Gasteiger partial charge in [0, 0.05) is 0 Å². The highest BCUT2D eigenvalue weighted by Crippen LogP contribution is 2.25. The van der Waals surface area contributed by atoms with Gasteiger partial charge in [-0.05, 0) is 49.4 Å². The van der Waals surface area contributed by atoms with E-state index < -0.39 is 15.9 Å². The Kier molecular flexibility index (Phi) is 3.04. The number of aryl methyl sites for hydroxylation is 2. The van der Waals surface area contributed by atoms with Crippen LogP contribution in [0.4, 0.5) is 0 Å². The van der Waals surface area contributed by atoms with E-state index in [0.717, 1.165) is 24.8 Å². The molecule has 0 unspecified atom stereocenters. The number of aliphatic hydroxyl groups is 1. The molecule has 1 aliphatic rings. The molecular weight excluding hydrogens is 224 g/mol. The molecule has 0 spiro atoms.